The normalized spacial score (nSPS) is 35.7. The number of nitro benzene ring substituents is 1. The number of nitro groups is 1. The quantitative estimate of drug-likeness (QED) is 0.540. The fraction of sp³-hybridized carbons (Fsp3) is 0.524. The van der Waals surface area contributed by atoms with Gasteiger partial charge in [-0.05, 0) is 17.7 Å². The first kappa shape index (κ1) is 20.3. The monoisotopic (exact) mass is 435 g/mol. The molecule has 4 unspecified atom stereocenters. The van der Waals surface area contributed by atoms with E-state index in [1.165, 1.54) is 24.3 Å². The Hall–Kier alpha value is -3.56. The van der Waals surface area contributed by atoms with Crippen LogP contribution in [-0.4, -0.2) is 35.6 Å². The lowest BCUT2D eigenvalue weighted by molar-refractivity contribution is -0.384. The Bertz CT molecular complexity index is 1130. The van der Waals surface area contributed by atoms with Gasteiger partial charge in [-0.3, -0.25) is 15.5 Å². The predicted octanol–water partition coefficient (Wildman–Crippen LogP) is 2.46. The van der Waals surface area contributed by atoms with Crippen LogP contribution < -0.4 is 0 Å². The Morgan fingerprint density at radius 1 is 1.06 bits per heavy atom. The number of nitrogens with one attached hydrogen (secondary N) is 1. The highest BCUT2D eigenvalue weighted by Gasteiger charge is 2.82. The third-order valence-electron chi connectivity index (χ3n) is 7.14. The second kappa shape index (κ2) is 6.47. The minimum atomic E-state index is -2.14. The minimum Gasteiger partial charge on any atom is -0.447 e. The lowest BCUT2D eigenvalue weighted by Gasteiger charge is -2.54. The first-order valence-electron chi connectivity index (χ1n) is 10.0. The van der Waals surface area contributed by atoms with Crippen LogP contribution in [0.4, 0.5) is 5.69 Å². The molecule has 0 radical (unpaired) electrons. The average molecular weight is 435 g/mol. The molecule has 3 heterocycles. The van der Waals surface area contributed by atoms with E-state index in [2.05, 4.69) is 6.07 Å². The molecule has 3 saturated heterocycles. The maximum Gasteiger partial charge on any atom is 0.269 e. The fourth-order valence-corrected chi connectivity index (χ4v) is 5.62. The Labute approximate surface area is 182 Å². The van der Waals surface area contributed by atoms with Crippen molar-refractivity contribution in [1.29, 1.82) is 21.2 Å². The molecule has 4 atom stereocenters. The number of benzene rings is 1. The molecule has 0 amide bonds. The first-order valence-corrected chi connectivity index (χ1v) is 10.0. The fourth-order valence-electron chi connectivity index (χ4n) is 5.62. The molecule has 5 rings (SSSR count). The standard InChI is InChI=1S/C21H17N5O6/c22-10-18(11-23)16(13-1-3-14(4-2-13)26(27)28)31-21-6-5-19(29-7-8-30-19)9-15(21)20(18,12-24)17(25)32-21/h1-4,15-16,25H,5-9H2. The van der Waals surface area contributed by atoms with Gasteiger partial charge in [0.2, 0.25) is 17.1 Å². The molecule has 3 aliphatic heterocycles. The molecule has 162 valence electrons. The zero-order chi connectivity index (χ0) is 22.8. The van der Waals surface area contributed by atoms with E-state index in [0.717, 1.165) is 0 Å². The highest BCUT2D eigenvalue weighted by molar-refractivity contribution is 5.89. The van der Waals surface area contributed by atoms with E-state index < -0.39 is 45.2 Å². The number of rotatable bonds is 2. The summed E-state index contributed by atoms with van der Waals surface area (Å²) in [6.45, 7) is 0.761. The molecular formula is C21H17N5O6. The van der Waals surface area contributed by atoms with Crippen molar-refractivity contribution in [3.8, 4) is 18.2 Å². The van der Waals surface area contributed by atoms with Gasteiger partial charge >= 0.3 is 0 Å². The summed E-state index contributed by atoms with van der Waals surface area (Å²) in [7, 11) is 0. The van der Waals surface area contributed by atoms with Crippen molar-refractivity contribution in [1.82, 2.24) is 0 Å². The third-order valence-corrected chi connectivity index (χ3v) is 7.14. The van der Waals surface area contributed by atoms with Crippen molar-refractivity contribution < 1.29 is 23.9 Å². The molecule has 1 N–H and O–H groups in total. The van der Waals surface area contributed by atoms with Gasteiger partial charge in [-0.2, -0.15) is 15.8 Å². The number of ether oxygens (including phenoxy) is 4. The van der Waals surface area contributed by atoms with Gasteiger partial charge in [0.05, 0.1) is 42.3 Å². The molecule has 1 saturated carbocycles. The topological polar surface area (TPSA) is 175 Å². The van der Waals surface area contributed by atoms with Crippen LogP contribution in [0.2, 0.25) is 0 Å². The van der Waals surface area contributed by atoms with E-state index in [0.29, 0.717) is 25.2 Å². The van der Waals surface area contributed by atoms with Crippen LogP contribution in [0, 0.1) is 66.3 Å². The van der Waals surface area contributed by atoms with Crippen LogP contribution in [0.5, 0.6) is 0 Å². The maximum absolute atomic E-state index is 11.0. The zero-order valence-corrected chi connectivity index (χ0v) is 16.7. The van der Waals surface area contributed by atoms with E-state index in [4.69, 9.17) is 24.4 Å². The second-order valence-corrected chi connectivity index (χ2v) is 8.41. The van der Waals surface area contributed by atoms with Gasteiger partial charge in [-0.1, -0.05) is 0 Å². The summed E-state index contributed by atoms with van der Waals surface area (Å²) in [6.07, 6.45) is -0.533. The number of nitrogens with zero attached hydrogens (tertiary/aromatic N) is 4. The lowest BCUT2D eigenvalue weighted by Crippen LogP contribution is -2.63. The SMILES string of the molecule is N#CC1(C#N)C(c2ccc([N+](=O)[O-])cc2)OC23CCC4(CC2C1(C#N)C(=N)O3)OCCO4. The number of non-ortho nitro benzene ring substituents is 1. The van der Waals surface area contributed by atoms with Crippen molar-refractivity contribution in [2.45, 2.75) is 36.9 Å². The van der Waals surface area contributed by atoms with Gasteiger partial charge in [0.15, 0.2) is 11.2 Å². The molecule has 4 fully saturated rings. The van der Waals surface area contributed by atoms with Gasteiger partial charge in [0.25, 0.3) is 5.69 Å². The van der Waals surface area contributed by atoms with Crippen molar-refractivity contribution in [3.63, 3.8) is 0 Å². The lowest BCUT2D eigenvalue weighted by atomic mass is 9.51. The van der Waals surface area contributed by atoms with E-state index in [-0.39, 0.29) is 18.5 Å². The van der Waals surface area contributed by atoms with Crippen molar-refractivity contribution >= 4 is 11.6 Å². The van der Waals surface area contributed by atoms with E-state index >= 15 is 0 Å². The van der Waals surface area contributed by atoms with Crippen LogP contribution in [0.15, 0.2) is 24.3 Å². The Morgan fingerprint density at radius 2 is 1.72 bits per heavy atom. The molecule has 0 aromatic heterocycles. The van der Waals surface area contributed by atoms with E-state index in [9.17, 15) is 25.9 Å². The maximum atomic E-state index is 11.0. The summed E-state index contributed by atoms with van der Waals surface area (Å²) >= 11 is 0. The molecule has 1 aromatic rings. The van der Waals surface area contributed by atoms with Crippen LogP contribution >= 0.6 is 0 Å². The minimum absolute atomic E-state index is 0.126. The third kappa shape index (κ3) is 2.24. The summed E-state index contributed by atoms with van der Waals surface area (Å²) < 4.78 is 23.8. The van der Waals surface area contributed by atoms with Gasteiger partial charge in [0, 0.05) is 31.4 Å². The van der Waals surface area contributed by atoms with Crippen LogP contribution in [0.3, 0.4) is 0 Å². The first-order chi connectivity index (χ1) is 15.3. The van der Waals surface area contributed by atoms with Gasteiger partial charge < -0.3 is 18.9 Å². The number of hydrogen-bond donors (Lipinski definition) is 1. The summed E-state index contributed by atoms with van der Waals surface area (Å²) in [6, 6.07) is 11.3. The Morgan fingerprint density at radius 3 is 2.28 bits per heavy atom. The molecule has 1 aliphatic carbocycles. The predicted molar refractivity (Wildman–Crippen MR) is 102 cm³/mol. The molecule has 1 aromatic carbocycles. The largest absolute Gasteiger partial charge is 0.447 e. The van der Waals surface area contributed by atoms with E-state index in [1.807, 2.05) is 12.1 Å². The number of nitriles is 3. The molecule has 4 aliphatic rings. The summed E-state index contributed by atoms with van der Waals surface area (Å²) in [5, 5.41) is 50.6. The van der Waals surface area contributed by atoms with Gasteiger partial charge in [-0.25, -0.2) is 0 Å². The summed E-state index contributed by atoms with van der Waals surface area (Å²) in [5.41, 5.74) is -3.94. The Balaban J connectivity index is 1.68. The van der Waals surface area contributed by atoms with Crippen LogP contribution in [0.1, 0.15) is 30.9 Å². The second-order valence-electron chi connectivity index (χ2n) is 8.41. The van der Waals surface area contributed by atoms with Crippen molar-refractivity contribution in [3.05, 3.63) is 39.9 Å². The summed E-state index contributed by atoms with van der Waals surface area (Å²) in [5.74, 6) is -3.75. The van der Waals surface area contributed by atoms with Crippen molar-refractivity contribution in [2.24, 2.45) is 16.7 Å². The molecule has 11 heteroatoms. The van der Waals surface area contributed by atoms with Gasteiger partial charge in [-0.15, -0.1) is 0 Å². The Kier molecular flexibility index (Phi) is 4.12. The molecule has 2 bridgehead atoms. The summed E-state index contributed by atoms with van der Waals surface area (Å²) in [4.78, 5) is 10.5. The van der Waals surface area contributed by atoms with E-state index in [1.54, 1.807) is 0 Å². The molecular weight excluding hydrogens is 418 g/mol. The zero-order valence-electron chi connectivity index (χ0n) is 16.7. The molecule has 1 spiro atoms. The highest BCUT2D eigenvalue weighted by atomic mass is 16.7. The molecule has 11 nitrogen and oxygen atoms in total. The smallest absolute Gasteiger partial charge is 0.269 e. The molecule has 32 heavy (non-hydrogen) atoms. The average Bonchev–Trinajstić information content (AvgIpc) is 3.33. The van der Waals surface area contributed by atoms with Crippen LogP contribution in [0.25, 0.3) is 0 Å². The highest BCUT2D eigenvalue weighted by Crippen LogP contribution is 2.70. The number of hydrogen-bond acceptors (Lipinski definition) is 10. The van der Waals surface area contributed by atoms with Crippen LogP contribution in [-0.2, 0) is 18.9 Å². The van der Waals surface area contributed by atoms with Crippen molar-refractivity contribution in [2.75, 3.05) is 13.2 Å². The van der Waals surface area contributed by atoms with Gasteiger partial charge in [0.1, 0.15) is 6.10 Å².